The SMILES string of the molecule is Cn1c(=O)[nH]c(=O)c2nc(CCC(=O)NC3CCCCC3)c(=O)[nH]c21. The number of rotatable bonds is 4. The molecule has 1 aliphatic rings. The Bertz CT molecular complexity index is 965. The molecule has 9 nitrogen and oxygen atoms in total. The van der Waals surface area contributed by atoms with Crippen LogP contribution < -0.4 is 22.1 Å². The quantitative estimate of drug-likeness (QED) is 0.698. The molecule has 1 aliphatic carbocycles. The molecule has 1 fully saturated rings. The number of fused-ring (bicyclic) bond motifs is 1. The van der Waals surface area contributed by atoms with E-state index in [1.165, 1.54) is 13.5 Å². The van der Waals surface area contributed by atoms with Crippen molar-refractivity contribution in [2.45, 2.75) is 51.0 Å². The highest BCUT2D eigenvalue weighted by atomic mass is 16.2. The zero-order valence-corrected chi connectivity index (χ0v) is 14.1. The van der Waals surface area contributed by atoms with Gasteiger partial charge in [-0.05, 0) is 12.8 Å². The molecule has 0 aromatic carbocycles. The zero-order chi connectivity index (χ0) is 18.0. The number of hydrogen-bond donors (Lipinski definition) is 3. The van der Waals surface area contributed by atoms with Gasteiger partial charge in [0.25, 0.3) is 11.1 Å². The minimum Gasteiger partial charge on any atom is -0.353 e. The lowest BCUT2D eigenvalue weighted by molar-refractivity contribution is -0.122. The van der Waals surface area contributed by atoms with E-state index in [-0.39, 0.29) is 41.6 Å². The van der Waals surface area contributed by atoms with Crippen LogP contribution in [0.2, 0.25) is 0 Å². The summed E-state index contributed by atoms with van der Waals surface area (Å²) in [6, 6.07) is 0.210. The van der Waals surface area contributed by atoms with Gasteiger partial charge in [-0.3, -0.25) is 23.9 Å². The van der Waals surface area contributed by atoms with Gasteiger partial charge in [-0.1, -0.05) is 19.3 Å². The first-order valence-electron chi connectivity index (χ1n) is 8.47. The van der Waals surface area contributed by atoms with Crippen molar-refractivity contribution >= 4 is 17.1 Å². The summed E-state index contributed by atoms with van der Waals surface area (Å²) >= 11 is 0. The van der Waals surface area contributed by atoms with Crippen molar-refractivity contribution in [1.82, 2.24) is 24.8 Å². The third-order valence-electron chi connectivity index (χ3n) is 4.60. The van der Waals surface area contributed by atoms with Gasteiger partial charge in [0.2, 0.25) is 5.91 Å². The van der Waals surface area contributed by atoms with Crippen LogP contribution in [-0.4, -0.2) is 31.5 Å². The second-order valence-corrected chi connectivity index (χ2v) is 6.43. The highest BCUT2D eigenvalue weighted by Gasteiger charge is 2.17. The number of aromatic nitrogens is 4. The molecule has 1 saturated carbocycles. The average Bonchev–Trinajstić information content (AvgIpc) is 2.59. The molecular formula is C16H21N5O4. The summed E-state index contributed by atoms with van der Waals surface area (Å²) in [5, 5.41) is 2.98. The Morgan fingerprint density at radius 3 is 2.60 bits per heavy atom. The highest BCUT2D eigenvalue weighted by Crippen LogP contribution is 2.17. The zero-order valence-electron chi connectivity index (χ0n) is 14.1. The van der Waals surface area contributed by atoms with Crippen LogP contribution in [0, 0.1) is 0 Å². The molecule has 3 N–H and O–H groups in total. The fourth-order valence-corrected chi connectivity index (χ4v) is 3.17. The molecule has 0 atom stereocenters. The Balaban J connectivity index is 1.76. The molecule has 0 spiro atoms. The fourth-order valence-electron chi connectivity index (χ4n) is 3.17. The van der Waals surface area contributed by atoms with Gasteiger partial charge in [-0.15, -0.1) is 0 Å². The van der Waals surface area contributed by atoms with Crippen LogP contribution in [0.3, 0.4) is 0 Å². The van der Waals surface area contributed by atoms with E-state index in [0.717, 1.165) is 30.3 Å². The van der Waals surface area contributed by atoms with Crippen LogP contribution in [-0.2, 0) is 18.3 Å². The first kappa shape index (κ1) is 17.1. The lowest BCUT2D eigenvalue weighted by Crippen LogP contribution is -2.36. The molecule has 25 heavy (non-hydrogen) atoms. The number of carbonyl (C=O) groups is 1. The minimum absolute atomic E-state index is 0.0237. The largest absolute Gasteiger partial charge is 0.353 e. The van der Waals surface area contributed by atoms with Gasteiger partial charge in [0.15, 0.2) is 5.52 Å². The van der Waals surface area contributed by atoms with Gasteiger partial charge in [0.05, 0.1) is 0 Å². The summed E-state index contributed by atoms with van der Waals surface area (Å²) < 4.78 is 1.12. The summed E-state index contributed by atoms with van der Waals surface area (Å²) in [5.41, 5.74) is -1.65. The Kier molecular flexibility index (Phi) is 4.82. The van der Waals surface area contributed by atoms with Crippen LogP contribution in [0.4, 0.5) is 0 Å². The molecule has 2 aromatic rings. The summed E-state index contributed by atoms with van der Waals surface area (Å²) in [6.45, 7) is 0. The van der Waals surface area contributed by atoms with E-state index >= 15 is 0 Å². The lowest BCUT2D eigenvalue weighted by atomic mass is 9.95. The van der Waals surface area contributed by atoms with Crippen LogP contribution in [0.15, 0.2) is 14.4 Å². The summed E-state index contributed by atoms with van der Waals surface area (Å²) in [5.74, 6) is -0.123. The van der Waals surface area contributed by atoms with Crippen molar-refractivity contribution in [1.29, 1.82) is 0 Å². The maximum Gasteiger partial charge on any atom is 0.329 e. The minimum atomic E-state index is -0.665. The number of amides is 1. The Morgan fingerprint density at radius 2 is 1.88 bits per heavy atom. The maximum atomic E-state index is 12.1. The molecule has 0 bridgehead atoms. The monoisotopic (exact) mass is 347 g/mol. The number of aryl methyl sites for hydroxylation is 2. The molecule has 2 heterocycles. The van der Waals surface area contributed by atoms with Crippen molar-refractivity contribution in [3.05, 3.63) is 36.9 Å². The van der Waals surface area contributed by atoms with Crippen molar-refractivity contribution in [2.24, 2.45) is 7.05 Å². The average molecular weight is 347 g/mol. The Hall–Kier alpha value is -2.71. The van der Waals surface area contributed by atoms with E-state index in [1.807, 2.05) is 0 Å². The third-order valence-corrected chi connectivity index (χ3v) is 4.60. The molecule has 0 saturated heterocycles. The van der Waals surface area contributed by atoms with Gasteiger partial charge in [0.1, 0.15) is 11.3 Å². The summed E-state index contributed by atoms with van der Waals surface area (Å²) in [6.07, 6.45) is 5.69. The van der Waals surface area contributed by atoms with E-state index < -0.39 is 16.8 Å². The van der Waals surface area contributed by atoms with Gasteiger partial charge >= 0.3 is 5.69 Å². The van der Waals surface area contributed by atoms with Crippen molar-refractivity contribution in [3.8, 4) is 0 Å². The van der Waals surface area contributed by atoms with Crippen LogP contribution in [0.1, 0.15) is 44.2 Å². The van der Waals surface area contributed by atoms with E-state index in [0.29, 0.717) is 0 Å². The van der Waals surface area contributed by atoms with E-state index in [4.69, 9.17) is 0 Å². The van der Waals surface area contributed by atoms with E-state index in [1.54, 1.807) is 0 Å². The van der Waals surface area contributed by atoms with E-state index in [2.05, 4.69) is 20.3 Å². The maximum absolute atomic E-state index is 12.1. The smallest absolute Gasteiger partial charge is 0.329 e. The predicted octanol–water partition coefficient (Wildman–Crippen LogP) is -0.308. The Labute approximate surface area is 142 Å². The van der Waals surface area contributed by atoms with Crippen molar-refractivity contribution in [2.75, 3.05) is 0 Å². The van der Waals surface area contributed by atoms with E-state index in [9.17, 15) is 19.2 Å². The number of nitrogens with zero attached hydrogens (tertiary/aromatic N) is 2. The molecule has 0 unspecified atom stereocenters. The number of H-pyrrole nitrogens is 2. The molecule has 0 aliphatic heterocycles. The lowest BCUT2D eigenvalue weighted by Gasteiger charge is -2.22. The first-order chi connectivity index (χ1) is 12.0. The number of nitrogens with one attached hydrogen (secondary N) is 3. The molecule has 9 heteroatoms. The Morgan fingerprint density at radius 1 is 1.16 bits per heavy atom. The second kappa shape index (κ2) is 7.04. The van der Waals surface area contributed by atoms with Gasteiger partial charge in [-0.25, -0.2) is 9.78 Å². The molecular weight excluding hydrogens is 326 g/mol. The number of aromatic amines is 2. The highest BCUT2D eigenvalue weighted by molar-refractivity contribution is 5.76. The van der Waals surface area contributed by atoms with Crippen LogP contribution in [0.25, 0.3) is 11.2 Å². The van der Waals surface area contributed by atoms with Gasteiger partial charge < -0.3 is 10.3 Å². The normalized spacial score (nSPS) is 15.4. The van der Waals surface area contributed by atoms with Gasteiger partial charge in [-0.2, -0.15) is 0 Å². The van der Waals surface area contributed by atoms with Crippen LogP contribution in [0.5, 0.6) is 0 Å². The summed E-state index contributed by atoms with van der Waals surface area (Å²) in [4.78, 5) is 56.3. The van der Waals surface area contributed by atoms with Crippen LogP contribution >= 0.6 is 0 Å². The standard InChI is InChI=1S/C16H21N5O4/c1-21-13-12(15(24)20-16(21)25)18-10(14(23)19-13)7-8-11(22)17-9-5-3-2-4-6-9/h9H,2-8H2,1H3,(H,17,22)(H,19,23)(H,20,24,25). The second-order valence-electron chi connectivity index (χ2n) is 6.43. The molecule has 0 radical (unpaired) electrons. The van der Waals surface area contributed by atoms with Crippen molar-refractivity contribution < 1.29 is 4.79 Å². The molecule has 3 rings (SSSR count). The first-order valence-corrected chi connectivity index (χ1v) is 8.47. The molecule has 2 aromatic heterocycles. The third kappa shape index (κ3) is 3.70. The van der Waals surface area contributed by atoms with Gasteiger partial charge in [0, 0.05) is 25.9 Å². The fraction of sp³-hybridized carbons (Fsp3) is 0.562. The number of hydrogen-bond acceptors (Lipinski definition) is 5. The van der Waals surface area contributed by atoms with Crippen molar-refractivity contribution in [3.63, 3.8) is 0 Å². The molecule has 1 amide bonds. The topological polar surface area (TPSA) is 130 Å². The summed E-state index contributed by atoms with van der Waals surface area (Å²) in [7, 11) is 1.43. The number of carbonyl (C=O) groups excluding carboxylic acids is 1. The predicted molar refractivity (Wildman–Crippen MR) is 91.6 cm³/mol. The molecule has 134 valence electrons.